The Morgan fingerprint density at radius 3 is 2.69 bits per heavy atom. The SMILES string of the molecule is Cc1c(N)cc(F)cc1-c1nccc(NC(=O)c2nc3c(n2C)CCN(C(=O)OC(C)(C)C)C3)c1Cl. The van der Waals surface area contributed by atoms with Gasteiger partial charge in [-0.05, 0) is 51.5 Å². The van der Waals surface area contributed by atoms with Crippen LogP contribution in [0.25, 0.3) is 11.3 Å². The van der Waals surface area contributed by atoms with Crippen LogP contribution in [-0.2, 0) is 24.8 Å². The van der Waals surface area contributed by atoms with Gasteiger partial charge in [0.25, 0.3) is 5.91 Å². The van der Waals surface area contributed by atoms with Gasteiger partial charge in [-0.3, -0.25) is 9.78 Å². The lowest BCUT2D eigenvalue weighted by molar-refractivity contribution is 0.0220. The molecule has 0 saturated heterocycles. The number of amides is 2. The Kier molecular flexibility index (Phi) is 6.66. The van der Waals surface area contributed by atoms with Crippen LogP contribution in [0, 0.1) is 12.7 Å². The molecule has 3 N–H and O–H groups in total. The average molecular weight is 515 g/mol. The zero-order chi connectivity index (χ0) is 26.4. The van der Waals surface area contributed by atoms with Crippen LogP contribution < -0.4 is 11.1 Å². The summed E-state index contributed by atoms with van der Waals surface area (Å²) in [7, 11) is 1.75. The largest absolute Gasteiger partial charge is 0.444 e. The Labute approximate surface area is 213 Å². The van der Waals surface area contributed by atoms with Gasteiger partial charge in [0, 0.05) is 43.2 Å². The van der Waals surface area contributed by atoms with E-state index in [9.17, 15) is 14.0 Å². The molecule has 9 nitrogen and oxygen atoms in total. The molecular weight excluding hydrogens is 487 g/mol. The van der Waals surface area contributed by atoms with Gasteiger partial charge in [-0.1, -0.05) is 11.6 Å². The van der Waals surface area contributed by atoms with Crippen molar-refractivity contribution in [3.05, 3.63) is 58.0 Å². The summed E-state index contributed by atoms with van der Waals surface area (Å²) in [6, 6.07) is 4.08. The van der Waals surface area contributed by atoms with Crippen LogP contribution in [0.5, 0.6) is 0 Å². The highest BCUT2D eigenvalue weighted by Gasteiger charge is 2.30. The standard InChI is InChI=1S/C25H28ClFN6O3/c1-13-15(10-14(27)11-16(13)28)21-20(26)17(6-8-29-21)31-23(34)22-30-18-12-33(9-7-19(18)32(22)5)24(35)36-25(2,3)4/h6,8,10-11H,7,9,12,28H2,1-5H3,(H,29,31,34). The van der Waals surface area contributed by atoms with Crippen LogP contribution in [0.1, 0.15) is 48.3 Å². The maximum atomic E-state index is 14.0. The molecule has 2 aromatic heterocycles. The first-order valence-corrected chi connectivity index (χ1v) is 11.8. The van der Waals surface area contributed by atoms with Gasteiger partial charge in [-0.2, -0.15) is 0 Å². The number of fused-ring (bicyclic) bond motifs is 1. The normalized spacial score (nSPS) is 13.4. The van der Waals surface area contributed by atoms with Gasteiger partial charge in [-0.15, -0.1) is 0 Å². The predicted molar refractivity (Wildman–Crippen MR) is 135 cm³/mol. The molecule has 190 valence electrons. The summed E-state index contributed by atoms with van der Waals surface area (Å²) in [4.78, 5) is 36.0. The number of imidazole rings is 1. The van der Waals surface area contributed by atoms with Crippen LogP contribution in [0.15, 0.2) is 24.4 Å². The number of halogens is 2. The smallest absolute Gasteiger partial charge is 0.410 e. The molecule has 1 aromatic carbocycles. The zero-order valence-corrected chi connectivity index (χ0v) is 21.5. The van der Waals surface area contributed by atoms with Gasteiger partial charge in [-0.25, -0.2) is 14.2 Å². The molecule has 1 aliphatic heterocycles. The quantitative estimate of drug-likeness (QED) is 0.489. The molecule has 3 heterocycles. The Hall–Kier alpha value is -3.66. The van der Waals surface area contributed by atoms with Crippen LogP contribution in [0.4, 0.5) is 20.6 Å². The monoisotopic (exact) mass is 514 g/mol. The Morgan fingerprint density at radius 1 is 1.28 bits per heavy atom. The molecule has 0 saturated carbocycles. The first-order valence-electron chi connectivity index (χ1n) is 11.4. The van der Waals surface area contributed by atoms with Crippen LogP contribution in [0.3, 0.4) is 0 Å². The van der Waals surface area contributed by atoms with E-state index in [1.165, 1.54) is 18.3 Å². The number of hydrogen-bond donors (Lipinski definition) is 2. The zero-order valence-electron chi connectivity index (χ0n) is 20.8. The van der Waals surface area contributed by atoms with E-state index in [1.807, 2.05) is 20.8 Å². The number of rotatable bonds is 3. The summed E-state index contributed by atoms with van der Waals surface area (Å²) in [5.74, 6) is -0.823. The second-order valence-electron chi connectivity index (χ2n) is 9.68. The molecule has 11 heteroatoms. The molecule has 3 aromatic rings. The number of benzene rings is 1. The van der Waals surface area contributed by atoms with Gasteiger partial charge >= 0.3 is 6.09 Å². The van der Waals surface area contributed by atoms with Crippen molar-refractivity contribution in [1.29, 1.82) is 0 Å². The number of carbonyl (C=O) groups excluding carboxylic acids is 2. The van der Waals surface area contributed by atoms with Gasteiger partial charge in [0.05, 0.1) is 28.6 Å². The average Bonchev–Trinajstić information content (AvgIpc) is 3.12. The highest BCUT2D eigenvalue weighted by atomic mass is 35.5. The van der Waals surface area contributed by atoms with Crippen molar-refractivity contribution in [2.45, 2.75) is 46.3 Å². The fourth-order valence-corrected chi connectivity index (χ4v) is 4.33. The van der Waals surface area contributed by atoms with E-state index in [0.717, 1.165) is 5.69 Å². The maximum absolute atomic E-state index is 14.0. The van der Waals surface area contributed by atoms with Crippen molar-refractivity contribution in [3.8, 4) is 11.3 Å². The number of pyridine rings is 1. The lowest BCUT2D eigenvalue weighted by atomic mass is 10.0. The van der Waals surface area contributed by atoms with Crippen LogP contribution in [0.2, 0.25) is 5.02 Å². The maximum Gasteiger partial charge on any atom is 0.410 e. The number of nitrogens with one attached hydrogen (secondary N) is 1. The van der Waals surface area contributed by atoms with Gasteiger partial charge < -0.3 is 25.3 Å². The van der Waals surface area contributed by atoms with Crippen LogP contribution in [-0.4, -0.2) is 43.6 Å². The molecule has 0 bridgehead atoms. The number of nitrogens with zero attached hydrogens (tertiary/aromatic N) is 4. The van der Waals surface area contributed by atoms with Crippen molar-refractivity contribution in [2.75, 3.05) is 17.6 Å². The molecular formula is C25H28ClFN6O3. The van der Waals surface area contributed by atoms with Crippen molar-refractivity contribution >= 4 is 35.0 Å². The Morgan fingerprint density at radius 2 is 2.00 bits per heavy atom. The number of nitrogen functional groups attached to an aromatic ring is 1. The van der Waals surface area contributed by atoms with E-state index in [4.69, 9.17) is 22.1 Å². The third kappa shape index (κ3) is 4.99. The molecule has 0 aliphatic carbocycles. The number of nitrogens with two attached hydrogens (primary N) is 1. The van der Waals surface area contributed by atoms with Crippen molar-refractivity contribution in [1.82, 2.24) is 19.4 Å². The summed E-state index contributed by atoms with van der Waals surface area (Å²) < 4.78 is 21.2. The molecule has 0 spiro atoms. The molecule has 0 atom stereocenters. The van der Waals surface area contributed by atoms with E-state index < -0.39 is 23.4 Å². The molecule has 0 unspecified atom stereocenters. The molecule has 2 amide bonds. The number of anilines is 2. The second kappa shape index (κ2) is 9.42. The summed E-state index contributed by atoms with van der Waals surface area (Å²) >= 11 is 6.57. The van der Waals surface area contributed by atoms with E-state index in [-0.39, 0.29) is 23.1 Å². The number of carbonyl (C=O) groups is 2. The fraction of sp³-hybridized carbons (Fsp3) is 0.360. The minimum atomic E-state index is -0.606. The van der Waals surface area contributed by atoms with Crippen molar-refractivity contribution < 1.29 is 18.7 Å². The van der Waals surface area contributed by atoms with Gasteiger partial charge in [0.1, 0.15) is 11.4 Å². The highest BCUT2D eigenvalue weighted by molar-refractivity contribution is 6.36. The van der Waals surface area contributed by atoms with E-state index >= 15 is 0 Å². The number of ether oxygens (including phenoxy) is 1. The third-order valence-corrected chi connectivity index (χ3v) is 6.30. The summed E-state index contributed by atoms with van der Waals surface area (Å²) in [6.07, 6.45) is 1.58. The van der Waals surface area contributed by atoms with E-state index in [2.05, 4.69) is 15.3 Å². The molecule has 36 heavy (non-hydrogen) atoms. The van der Waals surface area contributed by atoms with Crippen LogP contribution >= 0.6 is 11.6 Å². The molecule has 4 rings (SSSR count). The summed E-state index contributed by atoms with van der Waals surface area (Å²) in [5, 5.41) is 2.92. The van der Waals surface area contributed by atoms with Crippen molar-refractivity contribution in [2.24, 2.45) is 7.05 Å². The summed E-state index contributed by atoms with van der Waals surface area (Å²) in [6.45, 7) is 7.87. The lowest BCUT2D eigenvalue weighted by Gasteiger charge is -2.29. The second-order valence-corrected chi connectivity index (χ2v) is 10.1. The van der Waals surface area contributed by atoms with Gasteiger partial charge in [0.2, 0.25) is 0 Å². The lowest BCUT2D eigenvalue weighted by Crippen LogP contribution is -2.40. The highest BCUT2D eigenvalue weighted by Crippen LogP contribution is 2.36. The van der Waals surface area contributed by atoms with Crippen molar-refractivity contribution in [3.63, 3.8) is 0 Å². The van der Waals surface area contributed by atoms with E-state index in [1.54, 1.807) is 29.5 Å². The first kappa shape index (κ1) is 25.4. The number of hydrogen-bond acceptors (Lipinski definition) is 6. The summed E-state index contributed by atoms with van der Waals surface area (Å²) in [5.41, 5.74) is 8.72. The minimum Gasteiger partial charge on any atom is -0.444 e. The Bertz CT molecular complexity index is 1360. The fourth-order valence-electron chi connectivity index (χ4n) is 4.07. The molecule has 0 radical (unpaired) electrons. The molecule has 0 fully saturated rings. The minimum absolute atomic E-state index is 0.147. The Balaban J connectivity index is 1.58. The third-order valence-electron chi connectivity index (χ3n) is 5.92. The first-order chi connectivity index (χ1) is 16.9. The number of aromatic nitrogens is 3. The molecule has 1 aliphatic rings. The van der Waals surface area contributed by atoms with Gasteiger partial charge in [0.15, 0.2) is 5.82 Å². The predicted octanol–water partition coefficient (Wildman–Crippen LogP) is 4.71. The topological polar surface area (TPSA) is 115 Å². The van der Waals surface area contributed by atoms with E-state index in [0.29, 0.717) is 41.2 Å².